The second kappa shape index (κ2) is 8.87. The van der Waals surface area contributed by atoms with E-state index >= 15 is 0 Å². The van der Waals surface area contributed by atoms with Crippen LogP contribution in [0.1, 0.15) is 77.9 Å². The quantitative estimate of drug-likeness (QED) is 0.738. The first kappa shape index (κ1) is 16.1. The van der Waals surface area contributed by atoms with Crippen LogP contribution in [0.4, 0.5) is 0 Å². The fraction of sp³-hybridized carbons (Fsp3) is 0.579. The molecule has 0 aliphatic carbocycles. The zero-order valence-electron chi connectivity index (χ0n) is 14.4. The highest BCUT2D eigenvalue weighted by molar-refractivity contribution is 5.39. The second-order valence-corrected chi connectivity index (χ2v) is 5.56. The van der Waals surface area contributed by atoms with Gasteiger partial charge in [0.25, 0.3) is 0 Å². The summed E-state index contributed by atoms with van der Waals surface area (Å²) in [5.74, 6) is 6.00. The molecule has 0 heterocycles. The molecule has 1 aromatic carbocycles. The summed E-state index contributed by atoms with van der Waals surface area (Å²) >= 11 is 0. The highest BCUT2D eigenvalue weighted by Crippen LogP contribution is 2.20. The van der Waals surface area contributed by atoms with Gasteiger partial charge < -0.3 is 10.2 Å². The van der Waals surface area contributed by atoms with Crippen LogP contribution in [-0.4, -0.2) is 15.8 Å². The highest BCUT2D eigenvalue weighted by Gasteiger charge is 2.21. The molecule has 2 heteroatoms. The van der Waals surface area contributed by atoms with E-state index in [0.29, 0.717) is 24.8 Å². The van der Waals surface area contributed by atoms with E-state index in [9.17, 15) is 10.2 Å². The molecule has 0 amide bonds. The summed E-state index contributed by atoms with van der Waals surface area (Å²) in [5, 5.41) is 20.7. The molecule has 0 bridgehead atoms. The van der Waals surface area contributed by atoms with Crippen molar-refractivity contribution in [3.8, 4) is 11.8 Å². The van der Waals surface area contributed by atoms with Crippen molar-refractivity contribution in [3.05, 3.63) is 35.4 Å². The Morgan fingerprint density at radius 3 is 2.43 bits per heavy atom. The molecule has 0 aromatic heterocycles. The molecule has 21 heavy (non-hydrogen) atoms. The lowest BCUT2D eigenvalue weighted by Gasteiger charge is -2.20. The summed E-state index contributed by atoms with van der Waals surface area (Å²) in [6.45, 7) is 6.01. The molecule has 0 spiro atoms. The van der Waals surface area contributed by atoms with Crippen LogP contribution >= 0.6 is 0 Å². The topological polar surface area (TPSA) is 40.5 Å². The monoisotopic (exact) mass is 289 g/mol. The van der Waals surface area contributed by atoms with E-state index < -0.39 is 11.7 Å². The molecule has 0 aliphatic rings. The zero-order valence-corrected chi connectivity index (χ0v) is 13.4. The van der Waals surface area contributed by atoms with E-state index in [0.717, 1.165) is 24.8 Å². The number of rotatable bonds is 7. The van der Waals surface area contributed by atoms with E-state index in [1.165, 1.54) is 0 Å². The van der Waals surface area contributed by atoms with Crippen LogP contribution in [0.3, 0.4) is 0 Å². The van der Waals surface area contributed by atoms with Gasteiger partial charge in [-0.2, -0.15) is 0 Å². The predicted octanol–water partition coefficient (Wildman–Crippen LogP) is 4.20. The SMILES string of the molecule is [2H]C(O)(CCC)c1cccc(C#CC(O)(CCC)CCC)c1. The summed E-state index contributed by atoms with van der Waals surface area (Å²) in [7, 11) is 0. The maximum absolute atomic E-state index is 10.5. The van der Waals surface area contributed by atoms with Crippen molar-refractivity contribution in [3.63, 3.8) is 0 Å². The average Bonchev–Trinajstić information content (AvgIpc) is 2.46. The Balaban J connectivity index is 3.02. The minimum absolute atomic E-state index is 0.388. The maximum atomic E-state index is 10.5. The Hall–Kier alpha value is -1.30. The van der Waals surface area contributed by atoms with Gasteiger partial charge in [-0.3, -0.25) is 0 Å². The molecule has 0 saturated carbocycles. The summed E-state index contributed by atoms with van der Waals surface area (Å²) in [5.41, 5.74) is 0.334. The van der Waals surface area contributed by atoms with Gasteiger partial charge in [-0.1, -0.05) is 64.0 Å². The Morgan fingerprint density at radius 1 is 1.19 bits per heavy atom. The summed E-state index contributed by atoms with van der Waals surface area (Å²) in [4.78, 5) is 0. The fourth-order valence-corrected chi connectivity index (χ4v) is 2.42. The standard InChI is InChI=1S/C19H28O2/c1-4-8-18(20)17-10-7-9-16(15-17)11-14-19(21,12-5-2)13-6-3/h7,9-10,15,18,20-21H,4-6,8,12-13H2,1-3H3/i18D. The van der Waals surface area contributed by atoms with Crippen LogP contribution in [0.15, 0.2) is 24.3 Å². The number of benzene rings is 1. The molecule has 0 fully saturated rings. The molecule has 1 rings (SSSR count). The van der Waals surface area contributed by atoms with Crippen molar-refractivity contribution in [2.75, 3.05) is 0 Å². The Bertz CT molecular complexity index is 520. The van der Waals surface area contributed by atoms with Gasteiger partial charge in [0.05, 0.1) is 7.45 Å². The number of aliphatic hydroxyl groups is 2. The lowest BCUT2D eigenvalue weighted by atomic mass is 9.93. The van der Waals surface area contributed by atoms with E-state index in [4.69, 9.17) is 1.37 Å². The van der Waals surface area contributed by atoms with Crippen LogP contribution in [0.2, 0.25) is 0 Å². The lowest BCUT2D eigenvalue weighted by Crippen LogP contribution is -2.25. The second-order valence-electron chi connectivity index (χ2n) is 5.56. The van der Waals surface area contributed by atoms with Gasteiger partial charge in [0.15, 0.2) is 0 Å². The average molecular weight is 289 g/mol. The molecule has 2 nitrogen and oxygen atoms in total. The van der Waals surface area contributed by atoms with Gasteiger partial charge in [0, 0.05) is 5.56 Å². The summed E-state index contributed by atoms with van der Waals surface area (Å²) in [6.07, 6.45) is 2.64. The van der Waals surface area contributed by atoms with Gasteiger partial charge in [-0.15, -0.1) is 0 Å². The van der Waals surface area contributed by atoms with Crippen LogP contribution in [-0.2, 0) is 0 Å². The molecule has 0 aliphatic heterocycles. The Morgan fingerprint density at radius 2 is 1.86 bits per heavy atom. The molecular weight excluding hydrogens is 260 g/mol. The van der Waals surface area contributed by atoms with E-state index in [-0.39, 0.29) is 0 Å². The van der Waals surface area contributed by atoms with Crippen molar-refractivity contribution < 1.29 is 11.6 Å². The first-order chi connectivity index (χ1) is 10.4. The molecular formula is C19H28O2. The fourth-order valence-electron chi connectivity index (χ4n) is 2.42. The largest absolute Gasteiger partial charge is 0.388 e. The predicted molar refractivity (Wildman–Crippen MR) is 88.0 cm³/mol. The Labute approximate surface area is 130 Å². The van der Waals surface area contributed by atoms with Crippen molar-refractivity contribution in [1.29, 1.82) is 0 Å². The molecule has 0 saturated heterocycles. The molecule has 2 N–H and O–H groups in total. The summed E-state index contributed by atoms with van der Waals surface area (Å²) in [6, 6.07) is 7.14. The molecule has 0 radical (unpaired) electrons. The van der Waals surface area contributed by atoms with Crippen LogP contribution < -0.4 is 0 Å². The lowest BCUT2D eigenvalue weighted by molar-refractivity contribution is 0.0807. The highest BCUT2D eigenvalue weighted by atomic mass is 16.3. The van der Waals surface area contributed by atoms with Gasteiger partial charge >= 0.3 is 0 Å². The van der Waals surface area contributed by atoms with Crippen molar-refractivity contribution in [2.24, 2.45) is 0 Å². The third-order valence-electron chi connectivity index (χ3n) is 3.45. The van der Waals surface area contributed by atoms with Crippen LogP contribution in [0.25, 0.3) is 0 Å². The van der Waals surface area contributed by atoms with E-state index in [1.54, 1.807) is 18.2 Å². The minimum atomic E-state index is -1.57. The summed E-state index contributed by atoms with van der Waals surface area (Å²) < 4.78 is 8.01. The van der Waals surface area contributed by atoms with Gasteiger partial charge in [-0.05, 0) is 37.0 Å². The van der Waals surface area contributed by atoms with Crippen molar-refractivity contribution in [2.45, 2.75) is 71.0 Å². The third kappa shape index (κ3) is 5.91. The van der Waals surface area contributed by atoms with Gasteiger partial charge in [-0.25, -0.2) is 0 Å². The van der Waals surface area contributed by atoms with Gasteiger partial charge in [0.1, 0.15) is 5.60 Å². The van der Waals surface area contributed by atoms with Gasteiger partial charge in [0.2, 0.25) is 0 Å². The number of hydrogen-bond acceptors (Lipinski definition) is 2. The third-order valence-corrected chi connectivity index (χ3v) is 3.45. The van der Waals surface area contributed by atoms with Crippen LogP contribution in [0, 0.1) is 11.8 Å². The molecule has 1 unspecified atom stereocenters. The maximum Gasteiger partial charge on any atom is 0.125 e. The van der Waals surface area contributed by atoms with Crippen LogP contribution in [0.5, 0.6) is 0 Å². The van der Waals surface area contributed by atoms with Crippen molar-refractivity contribution in [1.82, 2.24) is 0 Å². The molecule has 116 valence electrons. The minimum Gasteiger partial charge on any atom is -0.388 e. The smallest absolute Gasteiger partial charge is 0.125 e. The first-order valence-electron chi connectivity index (χ1n) is 8.45. The zero-order chi connectivity index (χ0) is 16.6. The normalized spacial score (nSPS) is 14.8. The van der Waals surface area contributed by atoms with Crippen molar-refractivity contribution >= 4 is 0 Å². The van der Waals surface area contributed by atoms with E-state index in [2.05, 4.69) is 11.8 Å². The first-order valence-corrected chi connectivity index (χ1v) is 7.95. The van der Waals surface area contributed by atoms with E-state index in [1.807, 2.05) is 26.8 Å². The molecule has 1 aromatic rings. The number of hydrogen-bond donors (Lipinski definition) is 2. The Kier molecular flexibility index (Phi) is 6.79. The molecule has 1 atom stereocenters.